The topological polar surface area (TPSA) is 38.7 Å². The van der Waals surface area contributed by atoms with E-state index in [4.69, 9.17) is 15.0 Å². The Bertz CT molecular complexity index is 3230. The summed E-state index contributed by atoms with van der Waals surface area (Å²) in [6.45, 7) is 0. The van der Waals surface area contributed by atoms with E-state index in [0.29, 0.717) is 5.82 Å². The predicted molar refractivity (Wildman–Crippen MR) is 258 cm³/mol. The number of hydrogen-bond donors (Lipinski definition) is 0. The zero-order chi connectivity index (χ0) is 41.2. The van der Waals surface area contributed by atoms with E-state index in [0.717, 1.165) is 67.1 Å². The summed E-state index contributed by atoms with van der Waals surface area (Å²) in [5.74, 6) is 0.691. The van der Waals surface area contributed by atoms with Gasteiger partial charge in [-0.2, -0.15) is 0 Å². The number of hydrogen-bond acceptors (Lipinski definition) is 3. The van der Waals surface area contributed by atoms with Crippen LogP contribution in [0.25, 0.3) is 111 Å². The molecule has 0 spiro atoms. The number of aromatic nitrogens is 3. The van der Waals surface area contributed by atoms with Crippen LogP contribution in [-0.4, -0.2) is 15.0 Å². The molecule has 3 nitrogen and oxygen atoms in total. The minimum absolute atomic E-state index is 0.691. The van der Waals surface area contributed by atoms with Crippen molar-refractivity contribution in [3.05, 3.63) is 237 Å². The fourth-order valence-corrected chi connectivity index (χ4v) is 8.45. The first-order valence-electron chi connectivity index (χ1n) is 21.0. The van der Waals surface area contributed by atoms with Gasteiger partial charge in [-0.25, -0.2) is 15.0 Å². The minimum atomic E-state index is 0.691. The summed E-state index contributed by atoms with van der Waals surface area (Å²) in [6.07, 6.45) is 0. The molecular weight excluding hydrogens is 751 g/mol. The molecule has 0 saturated heterocycles. The van der Waals surface area contributed by atoms with Crippen LogP contribution < -0.4 is 0 Å². The SMILES string of the molecule is c1ccc(-c2ccc(-c3cc(-c4ccc(-c5ccc(-c6cc(-c7ccccc7)nc7ccc8ccccc8c67)cc5)cc4)nc(-c4ccc(-c5ccccc5)cc4)n3)cc2)cc1. The van der Waals surface area contributed by atoms with E-state index in [1.54, 1.807) is 0 Å². The first-order chi connectivity index (χ1) is 30.7. The predicted octanol–water partition coefficient (Wildman–Crippen LogP) is 15.5. The zero-order valence-corrected chi connectivity index (χ0v) is 33.9. The van der Waals surface area contributed by atoms with Gasteiger partial charge in [0.25, 0.3) is 0 Å². The quantitative estimate of drug-likeness (QED) is 0.144. The molecule has 0 radical (unpaired) electrons. The molecule has 11 aromatic rings. The molecule has 0 bridgehead atoms. The first-order valence-corrected chi connectivity index (χ1v) is 21.0. The van der Waals surface area contributed by atoms with Crippen molar-refractivity contribution in [2.45, 2.75) is 0 Å². The third-order valence-electron chi connectivity index (χ3n) is 11.7. The molecule has 0 saturated carbocycles. The highest BCUT2D eigenvalue weighted by atomic mass is 14.9. The van der Waals surface area contributed by atoms with Crippen molar-refractivity contribution < 1.29 is 0 Å². The van der Waals surface area contributed by atoms with Gasteiger partial charge in [0.15, 0.2) is 5.82 Å². The summed E-state index contributed by atoms with van der Waals surface area (Å²) in [5.41, 5.74) is 17.2. The van der Waals surface area contributed by atoms with Crippen molar-refractivity contribution in [3.63, 3.8) is 0 Å². The van der Waals surface area contributed by atoms with Crippen LogP contribution in [-0.2, 0) is 0 Å². The van der Waals surface area contributed by atoms with Gasteiger partial charge in [0.05, 0.1) is 22.6 Å². The lowest BCUT2D eigenvalue weighted by Gasteiger charge is -2.14. The number of pyridine rings is 1. The molecule has 11 rings (SSSR count). The molecule has 0 aliphatic heterocycles. The molecule has 2 aromatic heterocycles. The third kappa shape index (κ3) is 7.23. The Labute approximate surface area is 361 Å². The lowest BCUT2D eigenvalue weighted by atomic mass is 9.93. The van der Waals surface area contributed by atoms with Crippen molar-refractivity contribution in [3.8, 4) is 89.7 Å². The number of fused-ring (bicyclic) bond motifs is 3. The van der Waals surface area contributed by atoms with Crippen LogP contribution in [0.1, 0.15) is 0 Å². The number of nitrogens with zero attached hydrogens (tertiary/aromatic N) is 3. The zero-order valence-electron chi connectivity index (χ0n) is 33.9. The molecule has 9 aromatic carbocycles. The van der Waals surface area contributed by atoms with E-state index in [9.17, 15) is 0 Å². The summed E-state index contributed by atoms with van der Waals surface area (Å²) in [7, 11) is 0. The van der Waals surface area contributed by atoms with E-state index in [-0.39, 0.29) is 0 Å². The van der Waals surface area contributed by atoms with Crippen molar-refractivity contribution >= 4 is 21.7 Å². The molecule has 0 aliphatic rings. The smallest absolute Gasteiger partial charge is 0.160 e. The molecule has 290 valence electrons. The molecule has 0 aliphatic carbocycles. The highest BCUT2D eigenvalue weighted by molar-refractivity contribution is 6.13. The van der Waals surface area contributed by atoms with Gasteiger partial charge >= 0.3 is 0 Å². The van der Waals surface area contributed by atoms with E-state index in [1.165, 1.54) is 38.4 Å². The van der Waals surface area contributed by atoms with Crippen molar-refractivity contribution in [1.29, 1.82) is 0 Å². The second-order valence-electron chi connectivity index (χ2n) is 15.6. The van der Waals surface area contributed by atoms with Gasteiger partial charge in [0, 0.05) is 27.6 Å². The first kappa shape index (κ1) is 36.8. The van der Waals surface area contributed by atoms with Gasteiger partial charge in [-0.3, -0.25) is 0 Å². The molecule has 0 atom stereocenters. The summed E-state index contributed by atoms with van der Waals surface area (Å²) >= 11 is 0. The maximum atomic E-state index is 5.17. The maximum absolute atomic E-state index is 5.17. The Morgan fingerprint density at radius 2 is 0.613 bits per heavy atom. The van der Waals surface area contributed by atoms with Gasteiger partial charge < -0.3 is 0 Å². The van der Waals surface area contributed by atoms with Crippen LogP contribution in [0, 0.1) is 0 Å². The Morgan fingerprint density at radius 3 is 1.13 bits per heavy atom. The molecule has 0 unspecified atom stereocenters. The van der Waals surface area contributed by atoms with Gasteiger partial charge in [0.2, 0.25) is 0 Å². The molecule has 0 amide bonds. The van der Waals surface area contributed by atoms with E-state index in [2.05, 4.69) is 218 Å². The van der Waals surface area contributed by atoms with Crippen LogP contribution >= 0.6 is 0 Å². The number of benzene rings is 9. The normalized spacial score (nSPS) is 11.2. The summed E-state index contributed by atoms with van der Waals surface area (Å²) in [4.78, 5) is 15.5. The van der Waals surface area contributed by atoms with Crippen LogP contribution in [0.4, 0.5) is 0 Å². The summed E-state index contributed by atoms with van der Waals surface area (Å²) < 4.78 is 0. The molecule has 2 heterocycles. The van der Waals surface area contributed by atoms with E-state index >= 15 is 0 Å². The lowest BCUT2D eigenvalue weighted by Crippen LogP contribution is -1.96. The van der Waals surface area contributed by atoms with E-state index < -0.39 is 0 Å². The van der Waals surface area contributed by atoms with Crippen LogP contribution in [0.15, 0.2) is 237 Å². The average molecular weight is 790 g/mol. The largest absolute Gasteiger partial charge is 0.248 e. The van der Waals surface area contributed by atoms with Gasteiger partial charge in [-0.1, -0.05) is 218 Å². The van der Waals surface area contributed by atoms with Crippen LogP contribution in [0.5, 0.6) is 0 Å². The third-order valence-corrected chi connectivity index (χ3v) is 11.7. The summed E-state index contributed by atoms with van der Waals surface area (Å²) in [5, 5.41) is 3.58. The Hall–Kier alpha value is -8.27. The Balaban J connectivity index is 0.942. The van der Waals surface area contributed by atoms with Gasteiger partial charge in [-0.15, -0.1) is 0 Å². The monoisotopic (exact) mass is 789 g/mol. The maximum Gasteiger partial charge on any atom is 0.160 e. The number of rotatable bonds is 8. The van der Waals surface area contributed by atoms with Gasteiger partial charge in [-0.05, 0) is 73.5 Å². The van der Waals surface area contributed by atoms with Crippen molar-refractivity contribution in [1.82, 2.24) is 15.0 Å². The van der Waals surface area contributed by atoms with E-state index in [1.807, 2.05) is 18.2 Å². The fourth-order valence-electron chi connectivity index (χ4n) is 8.45. The second kappa shape index (κ2) is 16.1. The van der Waals surface area contributed by atoms with Gasteiger partial charge in [0.1, 0.15) is 0 Å². The Morgan fingerprint density at radius 1 is 0.242 bits per heavy atom. The Kier molecular flexibility index (Phi) is 9.53. The molecule has 0 fully saturated rings. The molecule has 3 heteroatoms. The highest BCUT2D eigenvalue weighted by Crippen LogP contribution is 2.38. The summed E-state index contributed by atoms with van der Waals surface area (Å²) in [6, 6.07) is 83.4. The highest BCUT2D eigenvalue weighted by Gasteiger charge is 2.15. The average Bonchev–Trinajstić information content (AvgIpc) is 3.37. The molecule has 0 N–H and O–H groups in total. The molecule has 62 heavy (non-hydrogen) atoms. The van der Waals surface area contributed by atoms with Crippen molar-refractivity contribution in [2.75, 3.05) is 0 Å². The fraction of sp³-hybridized carbons (Fsp3) is 0. The van der Waals surface area contributed by atoms with Crippen LogP contribution in [0.3, 0.4) is 0 Å². The second-order valence-corrected chi connectivity index (χ2v) is 15.6. The lowest BCUT2D eigenvalue weighted by molar-refractivity contribution is 1.18. The molecular formula is C59H39N3. The van der Waals surface area contributed by atoms with Crippen molar-refractivity contribution in [2.24, 2.45) is 0 Å². The minimum Gasteiger partial charge on any atom is -0.248 e. The van der Waals surface area contributed by atoms with Crippen LogP contribution in [0.2, 0.25) is 0 Å². The standard InChI is InChI=1S/C59H39N3/c1-4-12-40(13-5-1)42-22-30-49(31-23-42)56-39-57(62-59(61-56)51-34-26-43(27-35-51)41-14-6-2-7-15-41)50-32-24-45(25-33-50)44-20-28-47(29-21-44)53-38-55(48-17-8-3-9-18-48)60-54-37-36-46-16-10-11-19-52(46)58(53)54/h1-39H.